The largest absolute Gasteiger partial charge is 0.390 e. The van der Waals surface area contributed by atoms with E-state index in [-0.39, 0.29) is 17.0 Å². The molecule has 0 fully saturated rings. The SMILES string of the molecule is O=[N+]([O-])c1cc(Cl)c(C(O)C(O)CCBr)cc1F. The first kappa shape index (κ1) is 15.3. The Kier molecular flexibility index (Phi) is 5.46. The highest BCUT2D eigenvalue weighted by Crippen LogP contribution is 2.32. The standard InChI is InChI=1S/C10H10BrClFNO4/c11-2-1-9(15)10(16)5-3-7(13)8(14(17)18)4-6(5)12/h3-4,9-10,15-16H,1-2H2. The van der Waals surface area contributed by atoms with E-state index in [4.69, 9.17) is 11.6 Å². The van der Waals surface area contributed by atoms with Crippen LogP contribution in [0.25, 0.3) is 0 Å². The normalized spacial score (nSPS) is 14.3. The lowest BCUT2D eigenvalue weighted by Crippen LogP contribution is -2.19. The molecule has 8 heteroatoms. The number of nitro groups is 1. The van der Waals surface area contributed by atoms with Gasteiger partial charge < -0.3 is 10.2 Å². The molecule has 0 aliphatic carbocycles. The first-order valence-corrected chi connectivity index (χ1v) is 6.43. The number of benzene rings is 1. The maximum atomic E-state index is 13.4. The Labute approximate surface area is 115 Å². The highest BCUT2D eigenvalue weighted by molar-refractivity contribution is 9.09. The maximum Gasteiger partial charge on any atom is 0.306 e. The number of hydrogen-bond acceptors (Lipinski definition) is 4. The van der Waals surface area contributed by atoms with Crippen molar-refractivity contribution in [2.45, 2.75) is 18.6 Å². The molecule has 0 spiro atoms. The first-order valence-electron chi connectivity index (χ1n) is 4.94. The lowest BCUT2D eigenvalue weighted by atomic mass is 10.0. The van der Waals surface area contributed by atoms with Crippen molar-refractivity contribution in [1.29, 1.82) is 0 Å². The van der Waals surface area contributed by atoms with Crippen LogP contribution in [0.15, 0.2) is 12.1 Å². The minimum Gasteiger partial charge on any atom is -0.390 e. The molecule has 2 N–H and O–H groups in total. The molecule has 0 amide bonds. The zero-order valence-electron chi connectivity index (χ0n) is 9.02. The van der Waals surface area contributed by atoms with Crippen molar-refractivity contribution in [1.82, 2.24) is 0 Å². The molecule has 18 heavy (non-hydrogen) atoms. The third-order valence-corrected chi connectivity index (χ3v) is 3.14. The summed E-state index contributed by atoms with van der Waals surface area (Å²) in [6, 6.07) is 1.58. The zero-order valence-corrected chi connectivity index (χ0v) is 11.4. The summed E-state index contributed by atoms with van der Waals surface area (Å²) >= 11 is 8.82. The molecule has 2 unspecified atom stereocenters. The second-order valence-electron chi connectivity index (χ2n) is 3.57. The van der Waals surface area contributed by atoms with Crippen molar-refractivity contribution in [3.63, 3.8) is 0 Å². The molecule has 0 heterocycles. The minimum absolute atomic E-state index is 0.0757. The fraction of sp³-hybridized carbons (Fsp3) is 0.400. The molecule has 0 saturated carbocycles. The Balaban J connectivity index is 3.11. The van der Waals surface area contributed by atoms with Crippen molar-refractivity contribution in [2.75, 3.05) is 5.33 Å². The van der Waals surface area contributed by atoms with Crippen LogP contribution in [0.3, 0.4) is 0 Å². The Morgan fingerprint density at radius 2 is 2.11 bits per heavy atom. The number of nitrogens with zero attached hydrogens (tertiary/aromatic N) is 1. The lowest BCUT2D eigenvalue weighted by molar-refractivity contribution is -0.387. The van der Waals surface area contributed by atoms with Gasteiger partial charge in [-0.1, -0.05) is 27.5 Å². The van der Waals surface area contributed by atoms with Gasteiger partial charge in [0.05, 0.1) is 16.0 Å². The molecule has 0 saturated heterocycles. The second-order valence-corrected chi connectivity index (χ2v) is 4.77. The molecule has 1 aromatic rings. The van der Waals surface area contributed by atoms with E-state index in [2.05, 4.69) is 15.9 Å². The van der Waals surface area contributed by atoms with Crippen LogP contribution in [-0.4, -0.2) is 26.6 Å². The third-order valence-electron chi connectivity index (χ3n) is 2.35. The van der Waals surface area contributed by atoms with Crippen LogP contribution < -0.4 is 0 Å². The van der Waals surface area contributed by atoms with Gasteiger partial charge in [0, 0.05) is 17.0 Å². The summed E-state index contributed by atoms with van der Waals surface area (Å²) in [6.45, 7) is 0. The Morgan fingerprint density at radius 1 is 1.50 bits per heavy atom. The van der Waals surface area contributed by atoms with Gasteiger partial charge in [0.2, 0.25) is 5.82 Å². The monoisotopic (exact) mass is 341 g/mol. The average molecular weight is 343 g/mol. The molecular weight excluding hydrogens is 332 g/mol. The van der Waals surface area contributed by atoms with Gasteiger partial charge in [0.15, 0.2) is 0 Å². The number of halogens is 3. The topological polar surface area (TPSA) is 83.6 Å². The van der Waals surface area contributed by atoms with Gasteiger partial charge in [-0.25, -0.2) is 0 Å². The molecule has 0 aliphatic rings. The summed E-state index contributed by atoms with van der Waals surface area (Å²) in [4.78, 5) is 9.57. The number of hydrogen-bond donors (Lipinski definition) is 2. The molecule has 0 aromatic heterocycles. The van der Waals surface area contributed by atoms with Gasteiger partial charge in [0.25, 0.3) is 0 Å². The van der Waals surface area contributed by atoms with Crippen molar-refractivity contribution in [3.05, 3.63) is 38.7 Å². The Morgan fingerprint density at radius 3 is 2.61 bits per heavy atom. The highest BCUT2D eigenvalue weighted by Gasteiger charge is 2.25. The van der Waals surface area contributed by atoms with E-state index in [0.29, 0.717) is 5.33 Å². The van der Waals surface area contributed by atoms with E-state index in [1.54, 1.807) is 0 Å². The van der Waals surface area contributed by atoms with Gasteiger partial charge in [-0.2, -0.15) is 4.39 Å². The van der Waals surface area contributed by atoms with Crippen molar-refractivity contribution in [3.8, 4) is 0 Å². The molecule has 1 aromatic carbocycles. The average Bonchev–Trinajstić information content (AvgIpc) is 2.30. The van der Waals surface area contributed by atoms with Crippen LogP contribution >= 0.6 is 27.5 Å². The van der Waals surface area contributed by atoms with E-state index >= 15 is 0 Å². The quantitative estimate of drug-likeness (QED) is 0.489. The number of rotatable bonds is 5. The number of alkyl halides is 1. The lowest BCUT2D eigenvalue weighted by Gasteiger charge is -2.18. The minimum atomic E-state index is -1.40. The van der Waals surface area contributed by atoms with Gasteiger partial charge in [-0.15, -0.1) is 0 Å². The predicted octanol–water partition coefficient (Wildman–Crippen LogP) is 2.57. The maximum absolute atomic E-state index is 13.4. The molecule has 0 bridgehead atoms. The van der Waals surface area contributed by atoms with Crippen LogP contribution in [0.5, 0.6) is 0 Å². The Hall–Kier alpha value is -0.760. The van der Waals surface area contributed by atoms with Gasteiger partial charge in [-0.3, -0.25) is 10.1 Å². The van der Waals surface area contributed by atoms with Crippen LogP contribution in [0.2, 0.25) is 5.02 Å². The number of aliphatic hydroxyl groups is 2. The van der Waals surface area contributed by atoms with Crippen LogP contribution in [0, 0.1) is 15.9 Å². The van der Waals surface area contributed by atoms with E-state index in [9.17, 15) is 24.7 Å². The molecule has 5 nitrogen and oxygen atoms in total. The van der Waals surface area contributed by atoms with E-state index in [0.717, 1.165) is 12.1 Å². The molecule has 1 rings (SSSR count). The van der Waals surface area contributed by atoms with E-state index in [1.807, 2.05) is 0 Å². The third kappa shape index (κ3) is 3.38. The Bertz CT molecular complexity index is 460. The zero-order chi connectivity index (χ0) is 13.9. The van der Waals surface area contributed by atoms with E-state index < -0.39 is 28.6 Å². The van der Waals surface area contributed by atoms with E-state index in [1.165, 1.54) is 0 Å². The summed E-state index contributed by atoms with van der Waals surface area (Å²) < 4.78 is 13.4. The first-order chi connectivity index (χ1) is 8.38. The van der Waals surface area contributed by atoms with Crippen molar-refractivity contribution in [2.24, 2.45) is 0 Å². The summed E-state index contributed by atoms with van der Waals surface area (Å²) in [6.07, 6.45) is -2.30. The second kappa shape index (κ2) is 6.42. The summed E-state index contributed by atoms with van der Waals surface area (Å²) in [5.41, 5.74) is -0.848. The molecule has 0 radical (unpaired) electrons. The fourth-order valence-electron chi connectivity index (χ4n) is 1.40. The molecular formula is C10H10BrClFNO4. The number of aliphatic hydroxyl groups excluding tert-OH is 2. The molecule has 2 atom stereocenters. The summed E-state index contributed by atoms with van der Waals surface area (Å²) in [5.74, 6) is -1.11. The van der Waals surface area contributed by atoms with Crippen LogP contribution in [-0.2, 0) is 0 Å². The number of nitro benzene ring substituents is 1. The van der Waals surface area contributed by atoms with Crippen molar-refractivity contribution >= 4 is 33.2 Å². The van der Waals surface area contributed by atoms with Crippen LogP contribution in [0.4, 0.5) is 10.1 Å². The fourth-order valence-corrected chi connectivity index (χ4v) is 2.13. The highest BCUT2D eigenvalue weighted by atomic mass is 79.9. The van der Waals surface area contributed by atoms with Gasteiger partial charge >= 0.3 is 5.69 Å². The summed E-state index contributed by atoms with van der Waals surface area (Å²) in [7, 11) is 0. The smallest absolute Gasteiger partial charge is 0.306 e. The van der Waals surface area contributed by atoms with Crippen molar-refractivity contribution < 1.29 is 19.5 Å². The van der Waals surface area contributed by atoms with Gasteiger partial charge in [0.1, 0.15) is 6.10 Å². The van der Waals surface area contributed by atoms with Gasteiger partial charge in [-0.05, 0) is 12.5 Å². The molecule has 100 valence electrons. The van der Waals surface area contributed by atoms with Crippen LogP contribution in [0.1, 0.15) is 18.1 Å². The molecule has 0 aliphatic heterocycles. The predicted molar refractivity (Wildman–Crippen MR) is 67.4 cm³/mol. The summed E-state index contributed by atoms with van der Waals surface area (Å²) in [5, 5.41) is 30.1.